The van der Waals surface area contributed by atoms with Gasteiger partial charge in [-0.15, -0.1) is 0 Å². The summed E-state index contributed by atoms with van der Waals surface area (Å²) in [4.78, 5) is 34.2. The zero-order valence-electron chi connectivity index (χ0n) is 18.0. The first-order valence-electron chi connectivity index (χ1n) is 10.2. The molecular weight excluding hydrogens is 388 g/mol. The number of aromatic nitrogens is 3. The molecule has 0 radical (unpaired) electrons. The van der Waals surface area contributed by atoms with E-state index in [2.05, 4.69) is 41.3 Å². The minimum Gasteiger partial charge on any atom is -0.346 e. The molecule has 156 valence electrons. The number of hydrogen-bond donors (Lipinski definition) is 1. The highest BCUT2D eigenvalue weighted by Gasteiger charge is 2.14. The molecule has 4 aromatic rings. The molecule has 2 aromatic heterocycles. The van der Waals surface area contributed by atoms with Gasteiger partial charge in [-0.25, -0.2) is 9.97 Å². The van der Waals surface area contributed by atoms with E-state index in [0.717, 1.165) is 5.56 Å². The Bertz CT molecular complexity index is 1340. The van der Waals surface area contributed by atoms with Gasteiger partial charge in [-0.05, 0) is 61.7 Å². The largest absolute Gasteiger partial charge is 0.346 e. The first-order chi connectivity index (χ1) is 14.8. The van der Waals surface area contributed by atoms with Crippen molar-refractivity contribution in [2.45, 2.75) is 26.8 Å². The number of nitrogens with zero attached hydrogens (tertiary/aromatic N) is 3. The van der Waals surface area contributed by atoms with E-state index in [1.807, 2.05) is 19.1 Å². The number of carbonyl (C=O) groups excluding carboxylic acids is 1. The summed E-state index contributed by atoms with van der Waals surface area (Å²) in [5.41, 5.74) is 5.94. The molecule has 4 rings (SSSR count). The molecule has 1 N–H and O–H groups in total. The standard InChI is InChI=1S/C25H24N4O2/c1-15-7-8-20(14-16(15)2)17(3)27-24(30)19-11-9-18(10-12-19)22-25(31)29(4)23-21(28-22)6-5-13-26-23/h5-14,17H,1-4H3,(H,27,30)/t17-/m0/s1. The van der Waals surface area contributed by atoms with Gasteiger partial charge in [-0.1, -0.05) is 30.3 Å². The Balaban J connectivity index is 1.57. The van der Waals surface area contributed by atoms with Gasteiger partial charge < -0.3 is 5.32 Å². The molecule has 31 heavy (non-hydrogen) atoms. The number of hydrogen-bond acceptors (Lipinski definition) is 4. The average Bonchev–Trinajstić information content (AvgIpc) is 2.78. The molecule has 2 aromatic carbocycles. The quantitative estimate of drug-likeness (QED) is 0.547. The second kappa shape index (κ2) is 8.14. The molecule has 6 nitrogen and oxygen atoms in total. The fourth-order valence-corrected chi connectivity index (χ4v) is 3.52. The number of benzene rings is 2. The highest BCUT2D eigenvalue weighted by atomic mass is 16.1. The molecule has 0 fully saturated rings. The fraction of sp³-hybridized carbons (Fsp3) is 0.200. The number of fused-ring (bicyclic) bond motifs is 1. The SMILES string of the molecule is Cc1ccc([C@H](C)NC(=O)c2ccc(-c3nc4cccnc4n(C)c3=O)cc2)cc1C. The summed E-state index contributed by atoms with van der Waals surface area (Å²) < 4.78 is 1.49. The van der Waals surface area contributed by atoms with Crippen molar-refractivity contribution in [2.24, 2.45) is 7.05 Å². The first kappa shape index (κ1) is 20.5. The molecule has 6 heteroatoms. The Hall–Kier alpha value is -3.80. The lowest BCUT2D eigenvalue weighted by Gasteiger charge is -2.16. The van der Waals surface area contributed by atoms with Crippen LogP contribution >= 0.6 is 0 Å². The van der Waals surface area contributed by atoms with Gasteiger partial charge in [-0.2, -0.15) is 0 Å². The van der Waals surface area contributed by atoms with Crippen molar-refractivity contribution in [3.8, 4) is 11.3 Å². The summed E-state index contributed by atoms with van der Waals surface area (Å²) >= 11 is 0. The summed E-state index contributed by atoms with van der Waals surface area (Å²) in [5.74, 6) is -0.166. The molecule has 0 saturated heterocycles. The number of carbonyl (C=O) groups is 1. The molecular formula is C25H24N4O2. The predicted molar refractivity (Wildman–Crippen MR) is 122 cm³/mol. The molecule has 1 atom stereocenters. The molecule has 0 aliphatic rings. The molecule has 0 saturated carbocycles. The monoisotopic (exact) mass is 412 g/mol. The third kappa shape index (κ3) is 3.97. The summed E-state index contributed by atoms with van der Waals surface area (Å²) in [6.45, 7) is 6.10. The van der Waals surface area contributed by atoms with Crippen LogP contribution in [0.1, 0.15) is 40.0 Å². The zero-order valence-corrected chi connectivity index (χ0v) is 18.0. The molecule has 0 spiro atoms. The van der Waals surface area contributed by atoms with E-state index in [9.17, 15) is 9.59 Å². The van der Waals surface area contributed by atoms with Crippen LogP contribution < -0.4 is 10.9 Å². The maximum absolute atomic E-state index is 12.7. The van der Waals surface area contributed by atoms with Crippen LogP contribution in [0.5, 0.6) is 0 Å². The van der Waals surface area contributed by atoms with E-state index < -0.39 is 0 Å². The van der Waals surface area contributed by atoms with Crippen LogP contribution in [0.2, 0.25) is 0 Å². The van der Waals surface area contributed by atoms with Gasteiger partial charge in [0.15, 0.2) is 5.65 Å². The zero-order chi connectivity index (χ0) is 22.1. The molecule has 0 bridgehead atoms. The van der Waals surface area contributed by atoms with Crippen molar-refractivity contribution >= 4 is 17.1 Å². The predicted octanol–water partition coefficient (Wildman–Crippen LogP) is 4.10. The van der Waals surface area contributed by atoms with E-state index >= 15 is 0 Å². The maximum Gasteiger partial charge on any atom is 0.278 e. The number of aryl methyl sites for hydroxylation is 3. The minimum atomic E-state index is -0.230. The molecule has 0 unspecified atom stereocenters. The molecule has 1 amide bonds. The van der Waals surface area contributed by atoms with Crippen LogP contribution in [0.25, 0.3) is 22.4 Å². The van der Waals surface area contributed by atoms with E-state index in [4.69, 9.17) is 0 Å². The number of pyridine rings is 1. The average molecular weight is 412 g/mol. The molecule has 0 aliphatic carbocycles. The van der Waals surface area contributed by atoms with Crippen molar-refractivity contribution in [1.29, 1.82) is 0 Å². The summed E-state index contributed by atoms with van der Waals surface area (Å²) in [5, 5.41) is 3.03. The van der Waals surface area contributed by atoms with Crippen LogP contribution in [-0.4, -0.2) is 20.4 Å². The van der Waals surface area contributed by atoms with Crippen LogP contribution in [0.4, 0.5) is 0 Å². The Labute approximate surface area is 180 Å². The summed E-state index contributed by atoms with van der Waals surface area (Å²) in [7, 11) is 1.68. The maximum atomic E-state index is 12.7. The van der Waals surface area contributed by atoms with E-state index in [-0.39, 0.29) is 17.5 Å². The van der Waals surface area contributed by atoms with Gasteiger partial charge in [0, 0.05) is 24.4 Å². The highest BCUT2D eigenvalue weighted by molar-refractivity contribution is 5.95. The van der Waals surface area contributed by atoms with E-state index in [1.54, 1.807) is 43.6 Å². The van der Waals surface area contributed by atoms with Crippen LogP contribution in [-0.2, 0) is 7.05 Å². The van der Waals surface area contributed by atoms with Crippen LogP contribution in [0.15, 0.2) is 65.6 Å². The number of nitrogens with one attached hydrogen (secondary N) is 1. The Morgan fingerprint density at radius 3 is 2.48 bits per heavy atom. The highest BCUT2D eigenvalue weighted by Crippen LogP contribution is 2.19. The molecule has 0 aliphatic heterocycles. The van der Waals surface area contributed by atoms with Gasteiger partial charge in [0.25, 0.3) is 11.5 Å². The Morgan fingerprint density at radius 1 is 1.03 bits per heavy atom. The van der Waals surface area contributed by atoms with Crippen LogP contribution in [0.3, 0.4) is 0 Å². The van der Waals surface area contributed by atoms with Crippen molar-refractivity contribution < 1.29 is 4.79 Å². The topological polar surface area (TPSA) is 76.9 Å². The molecule has 2 heterocycles. The van der Waals surface area contributed by atoms with Crippen LogP contribution in [0, 0.1) is 13.8 Å². The smallest absolute Gasteiger partial charge is 0.278 e. The van der Waals surface area contributed by atoms with Gasteiger partial charge in [0.1, 0.15) is 11.2 Å². The second-order valence-corrected chi connectivity index (χ2v) is 7.79. The number of rotatable bonds is 4. The third-order valence-electron chi connectivity index (χ3n) is 5.62. The summed E-state index contributed by atoms with van der Waals surface area (Å²) in [6.07, 6.45) is 1.63. The minimum absolute atomic E-state index is 0.117. The van der Waals surface area contributed by atoms with Crippen molar-refractivity contribution in [3.63, 3.8) is 0 Å². The van der Waals surface area contributed by atoms with Crippen molar-refractivity contribution in [2.75, 3.05) is 0 Å². The van der Waals surface area contributed by atoms with Crippen molar-refractivity contribution in [1.82, 2.24) is 19.9 Å². The lowest BCUT2D eigenvalue weighted by molar-refractivity contribution is 0.0940. The number of amides is 1. The second-order valence-electron chi connectivity index (χ2n) is 7.79. The summed E-state index contributed by atoms with van der Waals surface area (Å²) in [6, 6.07) is 16.6. The lowest BCUT2D eigenvalue weighted by atomic mass is 10.0. The van der Waals surface area contributed by atoms with E-state index in [1.165, 1.54) is 15.7 Å². The van der Waals surface area contributed by atoms with Gasteiger partial charge in [0.05, 0.1) is 6.04 Å². The Kier molecular flexibility index (Phi) is 5.38. The van der Waals surface area contributed by atoms with Crippen molar-refractivity contribution in [3.05, 3.63) is 93.4 Å². The normalized spacial score (nSPS) is 12.0. The first-order valence-corrected chi connectivity index (χ1v) is 10.2. The van der Waals surface area contributed by atoms with Gasteiger partial charge >= 0.3 is 0 Å². The van der Waals surface area contributed by atoms with E-state index in [0.29, 0.717) is 28.0 Å². The lowest BCUT2D eigenvalue weighted by Crippen LogP contribution is -2.26. The fourth-order valence-electron chi connectivity index (χ4n) is 3.52. The van der Waals surface area contributed by atoms with Gasteiger partial charge in [-0.3, -0.25) is 14.2 Å². The third-order valence-corrected chi connectivity index (χ3v) is 5.62. The Morgan fingerprint density at radius 2 is 1.77 bits per heavy atom. The van der Waals surface area contributed by atoms with Gasteiger partial charge in [0.2, 0.25) is 0 Å².